The Morgan fingerprint density at radius 3 is 2.15 bits per heavy atom. The quantitative estimate of drug-likeness (QED) is 0.207. The van der Waals surface area contributed by atoms with Crippen LogP contribution in [-0.4, -0.2) is 38.1 Å². The second kappa shape index (κ2) is 13.5. The Hall–Kier alpha value is -4.29. The molecule has 3 N–H and O–H groups in total. The number of carbonyl (C=O) groups excluding carboxylic acids is 2. The zero-order valence-corrected chi connectivity index (χ0v) is 22.8. The Morgan fingerprint density at radius 2 is 1.51 bits per heavy atom. The van der Waals surface area contributed by atoms with E-state index in [1.54, 1.807) is 13.2 Å². The number of aryl methyl sites for hydroxylation is 1. The molecule has 0 heterocycles. The highest BCUT2D eigenvalue weighted by atomic mass is 35.5. The minimum Gasteiger partial charge on any atom is -0.497 e. The van der Waals surface area contributed by atoms with Gasteiger partial charge in [-0.05, 0) is 72.1 Å². The molecule has 1 unspecified atom stereocenters. The maximum absolute atomic E-state index is 13.2. The highest BCUT2D eigenvalue weighted by Crippen LogP contribution is 2.22. The van der Waals surface area contributed by atoms with E-state index in [9.17, 15) is 9.59 Å². The first-order chi connectivity index (χ1) is 18.9. The number of hydrogen-bond donors (Lipinski definition) is 3. The van der Waals surface area contributed by atoms with Crippen LogP contribution >= 0.6 is 11.6 Å². The molecular weight excluding hydrogens is 510 g/mol. The van der Waals surface area contributed by atoms with Gasteiger partial charge in [0.25, 0.3) is 5.91 Å². The number of anilines is 1. The summed E-state index contributed by atoms with van der Waals surface area (Å²) in [6, 6.07) is 29.8. The van der Waals surface area contributed by atoms with Gasteiger partial charge < -0.3 is 20.7 Å². The number of nitrogens with one attached hydrogen (secondary N) is 3. The molecule has 0 bridgehead atoms. The van der Waals surface area contributed by atoms with Gasteiger partial charge in [0.15, 0.2) is 0 Å². The van der Waals surface area contributed by atoms with Crippen molar-refractivity contribution in [3.05, 3.63) is 119 Å². The van der Waals surface area contributed by atoms with Crippen LogP contribution in [0.25, 0.3) is 11.1 Å². The minimum absolute atomic E-state index is 0.241. The normalized spacial score (nSPS) is 11.4. The lowest BCUT2D eigenvalue weighted by atomic mass is 10.00. The van der Waals surface area contributed by atoms with E-state index in [-0.39, 0.29) is 11.8 Å². The first-order valence-electron chi connectivity index (χ1n) is 12.8. The number of ether oxygens (including phenoxy) is 1. The van der Waals surface area contributed by atoms with Crippen molar-refractivity contribution in [1.82, 2.24) is 10.6 Å². The van der Waals surface area contributed by atoms with Crippen molar-refractivity contribution in [2.75, 3.05) is 25.5 Å². The Bertz CT molecular complexity index is 1390. The third kappa shape index (κ3) is 8.09. The number of carbonyl (C=O) groups is 2. The van der Waals surface area contributed by atoms with E-state index in [1.807, 2.05) is 97.9 Å². The second-order valence-electron chi connectivity index (χ2n) is 9.25. The molecule has 4 aromatic rings. The van der Waals surface area contributed by atoms with Crippen LogP contribution in [0.15, 0.2) is 97.1 Å². The minimum atomic E-state index is -0.736. The molecule has 4 aromatic carbocycles. The molecule has 0 saturated heterocycles. The average Bonchev–Trinajstić information content (AvgIpc) is 2.96. The molecule has 0 aliphatic carbocycles. The van der Waals surface area contributed by atoms with Crippen LogP contribution in [0.2, 0.25) is 5.02 Å². The Kier molecular flexibility index (Phi) is 9.59. The summed E-state index contributed by atoms with van der Waals surface area (Å²) in [4.78, 5) is 26.2. The van der Waals surface area contributed by atoms with Crippen molar-refractivity contribution >= 4 is 29.1 Å². The van der Waals surface area contributed by atoms with Gasteiger partial charge in [-0.2, -0.15) is 0 Å². The molecule has 4 rings (SSSR count). The van der Waals surface area contributed by atoms with Gasteiger partial charge in [0.2, 0.25) is 5.91 Å². The standard InChI is InChI=1S/C32H32ClN3O3/c1-22-4-3-5-26(20-22)31(37)36-30(32(38)35-19-18-34-28-14-16-29(39-2)17-15-28)21-23-6-8-24(9-7-23)25-10-12-27(33)13-11-25/h3-17,20,30,34H,18-19,21H2,1-2H3,(H,35,38)(H,36,37). The number of benzene rings is 4. The van der Waals surface area contributed by atoms with E-state index in [0.29, 0.717) is 30.1 Å². The molecule has 0 saturated carbocycles. The largest absolute Gasteiger partial charge is 0.497 e. The van der Waals surface area contributed by atoms with E-state index in [1.165, 1.54) is 0 Å². The smallest absolute Gasteiger partial charge is 0.251 e. The summed E-state index contributed by atoms with van der Waals surface area (Å²) in [7, 11) is 1.63. The fourth-order valence-electron chi connectivity index (χ4n) is 4.17. The first kappa shape index (κ1) is 27.7. The third-order valence-electron chi connectivity index (χ3n) is 6.32. The first-order valence-corrected chi connectivity index (χ1v) is 13.2. The van der Waals surface area contributed by atoms with Crippen molar-refractivity contribution in [2.45, 2.75) is 19.4 Å². The van der Waals surface area contributed by atoms with Gasteiger partial charge in [0, 0.05) is 35.8 Å². The van der Waals surface area contributed by atoms with Crippen molar-refractivity contribution in [3.8, 4) is 16.9 Å². The summed E-state index contributed by atoms with van der Waals surface area (Å²) in [5.41, 5.74) is 5.46. The molecule has 0 aromatic heterocycles. The maximum Gasteiger partial charge on any atom is 0.251 e. The summed E-state index contributed by atoms with van der Waals surface area (Å²) in [6.07, 6.45) is 0.357. The predicted octanol–water partition coefficient (Wildman–Crippen LogP) is 5.89. The fourth-order valence-corrected chi connectivity index (χ4v) is 4.30. The lowest BCUT2D eigenvalue weighted by Gasteiger charge is -2.19. The van der Waals surface area contributed by atoms with Crippen LogP contribution in [0.4, 0.5) is 5.69 Å². The summed E-state index contributed by atoms with van der Waals surface area (Å²) >= 11 is 6.01. The summed E-state index contributed by atoms with van der Waals surface area (Å²) in [5, 5.41) is 9.85. The van der Waals surface area contributed by atoms with Crippen LogP contribution in [0.1, 0.15) is 21.5 Å². The number of rotatable bonds is 11. The van der Waals surface area contributed by atoms with Gasteiger partial charge in [-0.3, -0.25) is 9.59 Å². The predicted molar refractivity (Wildman–Crippen MR) is 158 cm³/mol. The number of hydrogen-bond acceptors (Lipinski definition) is 4. The third-order valence-corrected chi connectivity index (χ3v) is 6.57. The maximum atomic E-state index is 13.2. The molecule has 0 fully saturated rings. The summed E-state index contributed by atoms with van der Waals surface area (Å²) in [6.45, 7) is 2.86. The van der Waals surface area contributed by atoms with Gasteiger partial charge in [-0.15, -0.1) is 0 Å². The molecule has 0 spiro atoms. The number of halogens is 1. The molecule has 6 nitrogen and oxygen atoms in total. The Morgan fingerprint density at radius 1 is 0.846 bits per heavy atom. The summed E-state index contributed by atoms with van der Waals surface area (Å²) in [5.74, 6) is 0.254. The van der Waals surface area contributed by atoms with Crippen molar-refractivity contribution < 1.29 is 14.3 Å². The average molecular weight is 542 g/mol. The zero-order chi connectivity index (χ0) is 27.6. The van der Waals surface area contributed by atoms with Crippen LogP contribution in [0.3, 0.4) is 0 Å². The SMILES string of the molecule is COc1ccc(NCCNC(=O)C(Cc2ccc(-c3ccc(Cl)cc3)cc2)NC(=O)c2cccc(C)c2)cc1. The Balaban J connectivity index is 1.41. The molecule has 39 heavy (non-hydrogen) atoms. The molecule has 200 valence electrons. The van der Waals surface area contributed by atoms with Gasteiger partial charge in [0.1, 0.15) is 11.8 Å². The van der Waals surface area contributed by atoms with Crippen molar-refractivity contribution in [3.63, 3.8) is 0 Å². The summed E-state index contributed by atoms with van der Waals surface area (Å²) < 4.78 is 5.18. The second-order valence-corrected chi connectivity index (χ2v) is 9.69. The van der Waals surface area contributed by atoms with Crippen LogP contribution in [-0.2, 0) is 11.2 Å². The van der Waals surface area contributed by atoms with Crippen LogP contribution < -0.4 is 20.7 Å². The van der Waals surface area contributed by atoms with E-state index in [4.69, 9.17) is 16.3 Å². The fraction of sp³-hybridized carbons (Fsp3) is 0.188. The lowest BCUT2D eigenvalue weighted by molar-refractivity contribution is -0.122. The van der Waals surface area contributed by atoms with Crippen LogP contribution in [0, 0.1) is 6.92 Å². The topological polar surface area (TPSA) is 79.5 Å². The van der Waals surface area contributed by atoms with E-state index < -0.39 is 6.04 Å². The van der Waals surface area contributed by atoms with Gasteiger partial charge in [-0.1, -0.05) is 65.7 Å². The Labute approximate surface area is 234 Å². The molecular formula is C32H32ClN3O3. The van der Waals surface area contributed by atoms with Crippen molar-refractivity contribution in [1.29, 1.82) is 0 Å². The molecule has 7 heteroatoms. The highest BCUT2D eigenvalue weighted by Gasteiger charge is 2.22. The highest BCUT2D eigenvalue weighted by molar-refractivity contribution is 6.30. The molecule has 2 amide bonds. The van der Waals surface area contributed by atoms with Crippen LogP contribution in [0.5, 0.6) is 5.75 Å². The van der Waals surface area contributed by atoms with Gasteiger partial charge in [0.05, 0.1) is 7.11 Å². The monoisotopic (exact) mass is 541 g/mol. The van der Waals surface area contributed by atoms with Crippen molar-refractivity contribution in [2.24, 2.45) is 0 Å². The molecule has 0 aliphatic rings. The zero-order valence-electron chi connectivity index (χ0n) is 22.0. The van der Waals surface area contributed by atoms with E-state index in [2.05, 4.69) is 16.0 Å². The number of amides is 2. The van der Waals surface area contributed by atoms with E-state index in [0.717, 1.165) is 33.7 Å². The van der Waals surface area contributed by atoms with Gasteiger partial charge >= 0.3 is 0 Å². The number of methoxy groups -OCH3 is 1. The lowest BCUT2D eigenvalue weighted by Crippen LogP contribution is -2.48. The van der Waals surface area contributed by atoms with E-state index >= 15 is 0 Å². The molecule has 1 atom stereocenters. The molecule has 0 radical (unpaired) electrons. The van der Waals surface area contributed by atoms with Gasteiger partial charge in [-0.25, -0.2) is 0 Å². The molecule has 0 aliphatic heterocycles.